The molecular formula is C9H12OS. The number of benzene rings is 1. The van der Waals surface area contributed by atoms with Crippen LogP contribution in [-0.4, -0.2) is 10.5 Å². The summed E-state index contributed by atoms with van der Waals surface area (Å²) in [6.07, 6.45) is 1.72. The third kappa shape index (κ3) is 1.77. The van der Waals surface area contributed by atoms with Crippen molar-refractivity contribution in [3.8, 4) is 0 Å². The minimum absolute atomic E-state index is 0.870. The highest BCUT2D eigenvalue weighted by Gasteiger charge is 2.04. The van der Waals surface area contributed by atoms with Crippen molar-refractivity contribution in [2.75, 3.05) is 6.26 Å². The molecule has 0 aromatic heterocycles. The SMILES string of the molecule is C=C[SH](C)(=O)c1ccccc1. The predicted octanol–water partition coefficient (Wildman–Crippen LogP) is 1.84. The maximum absolute atomic E-state index is 11.7. The molecule has 0 bridgehead atoms. The summed E-state index contributed by atoms with van der Waals surface area (Å²) in [5, 5.41) is 1.53. The van der Waals surface area contributed by atoms with Crippen LogP contribution in [0, 0.1) is 0 Å². The van der Waals surface area contributed by atoms with Crippen LogP contribution in [0.4, 0.5) is 0 Å². The van der Waals surface area contributed by atoms with E-state index >= 15 is 0 Å². The van der Waals surface area contributed by atoms with E-state index in [-0.39, 0.29) is 0 Å². The Hall–Kier alpha value is -0.890. The van der Waals surface area contributed by atoms with E-state index < -0.39 is 9.93 Å². The van der Waals surface area contributed by atoms with E-state index in [4.69, 9.17) is 0 Å². The van der Waals surface area contributed by atoms with Gasteiger partial charge in [-0.3, -0.25) is 4.21 Å². The Balaban J connectivity index is 3.13. The first-order chi connectivity index (χ1) is 5.17. The van der Waals surface area contributed by atoms with Gasteiger partial charge < -0.3 is 0 Å². The molecule has 0 aliphatic heterocycles. The fourth-order valence-corrected chi connectivity index (χ4v) is 1.80. The number of hydrogen-bond donors (Lipinski definition) is 1. The summed E-state index contributed by atoms with van der Waals surface area (Å²) in [4.78, 5) is 0.870. The van der Waals surface area contributed by atoms with Gasteiger partial charge in [0.25, 0.3) is 0 Å². The second kappa shape index (κ2) is 3.01. The summed E-state index contributed by atoms with van der Waals surface area (Å²) in [6.45, 7) is 3.55. The molecule has 0 radical (unpaired) electrons. The molecule has 0 saturated carbocycles. The van der Waals surface area contributed by atoms with Crippen LogP contribution >= 0.6 is 0 Å². The molecule has 0 amide bonds. The zero-order valence-corrected chi connectivity index (χ0v) is 7.42. The van der Waals surface area contributed by atoms with Crippen molar-refractivity contribution in [3.63, 3.8) is 0 Å². The quantitative estimate of drug-likeness (QED) is 0.667. The molecule has 2 heteroatoms. The van der Waals surface area contributed by atoms with E-state index in [0.717, 1.165) is 4.90 Å². The second-order valence-corrected chi connectivity index (χ2v) is 5.37. The first-order valence-electron chi connectivity index (χ1n) is 3.43. The summed E-state index contributed by atoms with van der Waals surface area (Å²) < 4.78 is 11.7. The van der Waals surface area contributed by atoms with Crippen LogP contribution in [-0.2, 0) is 9.93 Å². The molecule has 0 atom stereocenters. The highest BCUT2D eigenvalue weighted by Crippen LogP contribution is 2.15. The van der Waals surface area contributed by atoms with Gasteiger partial charge in [-0.25, -0.2) is 0 Å². The number of hydrogen-bond acceptors (Lipinski definition) is 1. The summed E-state index contributed by atoms with van der Waals surface area (Å²) >= 11 is 0. The largest absolute Gasteiger partial charge is 0.277 e. The Morgan fingerprint density at radius 3 is 2.36 bits per heavy atom. The zero-order chi connectivity index (χ0) is 8.32. The fourth-order valence-electron chi connectivity index (χ4n) is 0.829. The molecule has 1 rings (SSSR count). The van der Waals surface area contributed by atoms with Gasteiger partial charge >= 0.3 is 0 Å². The van der Waals surface area contributed by atoms with Crippen molar-refractivity contribution in [2.45, 2.75) is 4.90 Å². The van der Waals surface area contributed by atoms with E-state index in [1.54, 1.807) is 6.26 Å². The van der Waals surface area contributed by atoms with Crippen LogP contribution in [0.2, 0.25) is 0 Å². The van der Waals surface area contributed by atoms with Gasteiger partial charge in [-0.15, -0.1) is 0 Å². The van der Waals surface area contributed by atoms with Crippen LogP contribution < -0.4 is 0 Å². The van der Waals surface area contributed by atoms with Gasteiger partial charge in [-0.2, -0.15) is 0 Å². The molecule has 1 aromatic carbocycles. The maximum atomic E-state index is 11.7. The van der Waals surface area contributed by atoms with Gasteiger partial charge in [0.05, 0.1) is 0 Å². The van der Waals surface area contributed by atoms with Gasteiger partial charge in [-0.05, 0) is 23.8 Å². The van der Waals surface area contributed by atoms with Gasteiger partial charge in [0.2, 0.25) is 0 Å². The van der Waals surface area contributed by atoms with Gasteiger partial charge in [0, 0.05) is 4.90 Å². The third-order valence-corrected chi connectivity index (χ3v) is 3.64. The Bertz CT molecular complexity index is 290. The van der Waals surface area contributed by atoms with Crippen molar-refractivity contribution in [3.05, 3.63) is 42.3 Å². The molecule has 0 fully saturated rings. The molecular weight excluding hydrogens is 156 g/mol. The van der Waals surface area contributed by atoms with Crippen molar-refractivity contribution >= 4 is 9.93 Å². The average Bonchev–Trinajstić information content (AvgIpc) is 2.06. The van der Waals surface area contributed by atoms with Crippen molar-refractivity contribution in [1.29, 1.82) is 0 Å². The second-order valence-electron chi connectivity index (χ2n) is 2.51. The molecule has 0 aliphatic rings. The van der Waals surface area contributed by atoms with Gasteiger partial charge in [-0.1, -0.05) is 34.7 Å². The number of rotatable bonds is 2. The highest BCUT2D eigenvalue weighted by atomic mass is 32.2. The first-order valence-corrected chi connectivity index (χ1v) is 5.65. The summed E-state index contributed by atoms with van der Waals surface area (Å²) in [5.74, 6) is 0. The lowest BCUT2D eigenvalue weighted by Gasteiger charge is -2.12. The van der Waals surface area contributed by atoms with Gasteiger partial charge in [0.1, 0.15) is 0 Å². The summed E-state index contributed by atoms with van der Waals surface area (Å²) in [6, 6.07) is 9.40. The maximum Gasteiger partial charge on any atom is 0.0180 e. The molecule has 0 N–H and O–H groups in total. The first kappa shape index (κ1) is 8.21. The summed E-state index contributed by atoms with van der Waals surface area (Å²) in [7, 11) is -2.26. The lowest BCUT2D eigenvalue weighted by molar-refractivity contribution is 0.680. The average molecular weight is 168 g/mol. The summed E-state index contributed by atoms with van der Waals surface area (Å²) in [5.41, 5.74) is 0. The highest BCUT2D eigenvalue weighted by molar-refractivity contribution is 8.05. The molecule has 0 spiro atoms. The van der Waals surface area contributed by atoms with E-state index in [0.29, 0.717) is 0 Å². The predicted molar refractivity (Wildman–Crippen MR) is 50.4 cm³/mol. The Labute approximate surface area is 68.2 Å². The van der Waals surface area contributed by atoms with Gasteiger partial charge in [0.15, 0.2) is 0 Å². The lowest BCUT2D eigenvalue weighted by Crippen LogP contribution is -2.03. The minimum atomic E-state index is -2.26. The molecule has 1 nitrogen and oxygen atoms in total. The fraction of sp³-hybridized carbons (Fsp3) is 0.111. The molecule has 0 unspecified atom stereocenters. The molecule has 60 valence electrons. The Kier molecular flexibility index (Phi) is 2.25. The molecule has 11 heavy (non-hydrogen) atoms. The van der Waals surface area contributed by atoms with Crippen LogP contribution in [0.5, 0.6) is 0 Å². The molecule has 0 heterocycles. The van der Waals surface area contributed by atoms with Crippen LogP contribution in [0.3, 0.4) is 0 Å². The normalized spacial score (nSPS) is 12.5. The number of thiol groups is 1. The zero-order valence-electron chi connectivity index (χ0n) is 6.53. The van der Waals surface area contributed by atoms with E-state index in [9.17, 15) is 4.21 Å². The molecule has 0 aliphatic carbocycles. The molecule has 0 saturated heterocycles. The van der Waals surface area contributed by atoms with Crippen LogP contribution in [0.25, 0.3) is 0 Å². The molecule has 1 aromatic rings. The Morgan fingerprint density at radius 2 is 1.91 bits per heavy atom. The van der Waals surface area contributed by atoms with Crippen molar-refractivity contribution in [2.24, 2.45) is 0 Å². The minimum Gasteiger partial charge on any atom is -0.277 e. The van der Waals surface area contributed by atoms with E-state index in [2.05, 4.69) is 6.58 Å². The topological polar surface area (TPSA) is 17.1 Å². The van der Waals surface area contributed by atoms with Crippen LogP contribution in [0.15, 0.2) is 47.2 Å². The van der Waals surface area contributed by atoms with Crippen molar-refractivity contribution in [1.82, 2.24) is 0 Å². The standard InChI is InChI=1S/C9H12OS/c1-3-11(2,10)9-7-5-4-6-8-9/h3-8,11H,1H2,2H3. The lowest BCUT2D eigenvalue weighted by atomic mass is 10.4. The van der Waals surface area contributed by atoms with E-state index in [1.165, 1.54) is 5.41 Å². The smallest absolute Gasteiger partial charge is 0.0180 e. The monoisotopic (exact) mass is 168 g/mol. The Morgan fingerprint density at radius 1 is 1.36 bits per heavy atom. The van der Waals surface area contributed by atoms with Crippen molar-refractivity contribution < 1.29 is 4.21 Å². The van der Waals surface area contributed by atoms with Crippen LogP contribution in [0.1, 0.15) is 0 Å². The third-order valence-electron chi connectivity index (χ3n) is 1.62. The van der Waals surface area contributed by atoms with E-state index in [1.807, 2.05) is 30.3 Å².